The van der Waals surface area contributed by atoms with Crippen LogP contribution in [0.1, 0.15) is 11.5 Å². The summed E-state index contributed by atoms with van der Waals surface area (Å²) in [5.74, 6) is 1.27. The van der Waals surface area contributed by atoms with Crippen molar-refractivity contribution in [2.45, 2.75) is 6.42 Å². The molecule has 0 aliphatic heterocycles. The molecule has 0 saturated heterocycles. The highest BCUT2D eigenvalue weighted by Gasteiger charge is 2.10. The van der Waals surface area contributed by atoms with Crippen LogP contribution in [0, 0.1) is 0 Å². The summed E-state index contributed by atoms with van der Waals surface area (Å²) in [6.07, 6.45) is 0.373. The Kier molecular flexibility index (Phi) is 3.09. The zero-order chi connectivity index (χ0) is 13.9. The van der Waals surface area contributed by atoms with Gasteiger partial charge in [-0.15, -0.1) is 0 Å². The molecule has 5 nitrogen and oxygen atoms in total. The molecule has 20 heavy (non-hydrogen) atoms. The smallest absolute Gasteiger partial charge is 0.231 e. The van der Waals surface area contributed by atoms with Crippen LogP contribution in [0.2, 0.25) is 0 Å². The topological polar surface area (TPSA) is 79.4 Å². The Labute approximate surface area is 115 Å². The first-order valence-electron chi connectivity index (χ1n) is 6.11. The van der Waals surface area contributed by atoms with E-state index in [2.05, 4.69) is 10.1 Å². The van der Waals surface area contributed by atoms with Crippen molar-refractivity contribution >= 4 is 0 Å². The predicted octanol–water partition coefficient (Wildman–Crippen LogP) is 2.74. The summed E-state index contributed by atoms with van der Waals surface area (Å²) in [7, 11) is 0. The van der Waals surface area contributed by atoms with E-state index in [1.54, 1.807) is 42.5 Å². The Bertz CT molecular complexity index is 720. The zero-order valence-corrected chi connectivity index (χ0v) is 10.5. The minimum atomic E-state index is 0.187. The minimum absolute atomic E-state index is 0.187. The van der Waals surface area contributed by atoms with E-state index in [0.29, 0.717) is 18.1 Å². The molecule has 0 bridgehead atoms. The van der Waals surface area contributed by atoms with Gasteiger partial charge < -0.3 is 14.7 Å². The summed E-state index contributed by atoms with van der Waals surface area (Å²) < 4.78 is 5.17. The van der Waals surface area contributed by atoms with Gasteiger partial charge in [0.2, 0.25) is 11.7 Å². The van der Waals surface area contributed by atoms with E-state index < -0.39 is 0 Å². The molecule has 0 spiro atoms. The van der Waals surface area contributed by atoms with Crippen LogP contribution in [0.4, 0.5) is 0 Å². The number of phenolic OH excluding ortho intramolecular Hbond substituents is 2. The number of phenols is 2. The van der Waals surface area contributed by atoms with E-state index in [-0.39, 0.29) is 11.5 Å². The van der Waals surface area contributed by atoms with Crippen molar-refractivity contribution in [2.75, 3.05) is 0 Å². The molecule has 3 rings (SSSR count). The SMILES string of the molecule is Oc1ccc(-c2noc(Cc3ccccc3O)n2)cc1. The predicted molar refractivity (Wildman–Crippen MR) is 72.3 cm³/mol. The van der Waals surface area contributed by atoms with E-state index in [9.17, 15) is 10.2 Å². The molecule has 0 atom stereocenters. The van der Waals surface area contributed by atoms with Crippen LogP contribution in [0.25, 0.3) is 11.4 Å². The summed E-state index contributed by atoms with van der Waals surface area (Å²) in [5, 5.41) is 22.8. The van der Waals surface area contributed by atoms with Gasteiger partial charge in [0.1, 0.15) is 11.5 Å². The Balaban J connectivity index is 1.84. The molecule has 3 aromatic rings. The van der Waals surface area contributed by atoms with Crippen molar-refractivity contribution in [1.29, 1.82) is 0 Å². The van der Waals surface area contributed by atoms with E-state index in [1.165, 1.54) is 0 Å². The maximum Gasteiger partial charge on any atom is 0.231 e. The second-order valence-corrected chi connectivity index (χ2v) is 4.36. The molecule has 1 aromatic heterocycles. The molecular formula is C15H12N2O3. The van der Waals surface area contributed by atoms with Gasteiger partial charge in [0.15, 0.2) is 0 Å². The first-order valence-corrected chi connectivity index (χ1v) is 6.11. The van der Waals surface area contributed by atoms with Crippen LogP contribution in [-0.2, 0) is 6.42 Å². The van der Waals surface area contributed by atoms with Crippen molar-refractivity contribution in [3.05, 3.63) is 60.0 Å². The lowest BCUT2D eigenvalue weighted by Gasteiger charge is -1.99. The number of aromatic hydroxyl groups is 2. The summed E-state index contributed by atoms with van der Waals surface area (Å²) >= 11 is 0. The second-order valence-electron chi connectivity index (χ2n) is 4.36. The van der Waals surface area contributed by atoms with Gasteiger partial charge in [0.05, 0.1) is 6.42 Å². The molecule has 0 radical (unpaired) electrons. The Hall–Kier alpha value is -2.82. The highest BCUT2D eigenvalue weighted by molar-refractivity contribution is 5.55. The molecule has 0 aliphatic rings. The van der Waals surface area contributed by atoms with Gasteiger partial charge in [0, 0.05) is 11.1 Å². The van der Waals surface area contributed by atoms with Crippen molar-refractivity contribution in [2.24, 2.45) is 0 Å². The van der Waals surface area contributed by atoms with Gasteiger partial charge in [-0.05, 0) is 30.3 Å². The van der Waals surface area contributed by atoms with Crippen LogP contribution in [-0.4, -0.2) is 20.4 Å². The summed E-state index contributed by atoms with van der Waals surface area (Å²) in [4.78, 5) is 4.28. The maximum atomic E-state index is 9.71. The fraction of sp³-hybridized carbons (Fsp3) is 0.0667. The van der Waals surface area contributed by atoms with E-state index in [4.69, 9.17) is 4.52 Å². The largest absolute Gasteiger partial charge is 0.508 e. The third-order valence-electron chi connectivity index (χ3n) is 2.93. The summed E-state index contributed by atoms with van der Waals surface area (Å²) in [6, 6.07) is 13.6. The van der Waals surface area contributed by atoms with Crippen LogP contribution in [0.15, 0.2) is 53.1 Å². The van der Waals surface area contributed by atoms with E-state index >= 15 is 0 Å². The van der Waals surface area contributed by atoms with Crippen molar-refractivity contribution in [1.82, 2.24) is 10.1 Å². The number of aromatic nitrogens is 2. The van der Waals surface area contributed by atoms with E-state index in [1.807, 2.05) is 6.07 Å². The molecule has 0 unspecified atom stereocenters. The number of hydrogen-bond acceptors (Lipinski definition) is 5. The van der Waals surface area contributed by atoms with Crippen LogP contribution >= 0.6 is 0 Å². The number of hydrogen-bond donors (Lipinski definition) is 2. The molecule has 5 heteroatoms. The Morgan fingerprint density at radius 1 is 0.950 bits per heavy atom. The van der Waals surface area contributed by atoms with Crippen LogP contribution in [0.5, 0.6) is 11.5 Å². The van der Waals surface area contributed by atoms with Crippen LogP contribution < -0.4 is 0 Å². The Morgan fingerprint density at radius 3 is 2.45 bits per heavy atom. The zero-order valence-electron chi connectivity index (χ0n) is 10.5. The average molecular weight is 268 g/mol. The molecule has 0 fully saturated rings. The second kappa shape index (κ2) is 5.05. The maximum absolute atomic E-state index is 9.71. The van der Waals surface area contributed by atoms with Crippen molar-refractivity contribution in [3.8, 4) is 22.9 Å². The van der Waals surface area contributed by atoms with Gasteiger partial charge in [0.25, 0.3) is 0 Å². The summed E-state index contributed by atoms with van der Waals surface area (Å²) in [6.45, 7) is 0. The fourth-order valence-electron chi connectivity index (χ4n) is 1.88. The molecule has 0 aliphatic carbocycles. The lowest BCUT2D eigenvalue weighted by Crippen LogP contribution is -1.89. The van der Waals surface area contributed by atoms with Gasteiger partial charge in [-0.1, -0.05) is 23.4 Å². The summed E-state index contributed by atoms with van der Waals surface area (Å²) in [5.41, 5.74) is 1.49. The lowest BCUT2D eigenvalue weighted by molar-refractivity contribution is 0.383. The number of rotatable bonds is 3. The molecular weight excluding hydrogens is 256 g/mol. The first-order chi connectivity index (χ1) is 9.72. The first kappa shape index (κ1) is 12.2. The third kappa shape index (κ3) is 2.47. The van der Waals surface area contributed by atoms with Crippen molar-refractivity contribution in [3.63, 3.8) is 0 Å². The van der Waals surface area contributed by atoms with Gasteiger partial charge in [-0.3, -0.25) is 0 Å². The Morgan fingerprint density at radius 2 is 1.70 bits per heavy atom. The number of para-hydroxylation sites is 1. The highest BCUT2D eigenvalue weighted by Crippen LogP contribution is 2.22. The molecule has 2 N–H and O–H groups in total. The number of benzene rings is 2. The van der Waals surface area contributed by atoms with Gasteiger partial charge >= 0.3 is 0 Å². The van der Waals surface area contributed by atoms with Gasteiger partial charge in [-0.2, -0.15) is 4.98 Å². The molecule has 100 valence electrons. The van der Waals surface area contributed by atoms with Crippen LogP contribution in [0.3, 0.4) is 0 Å². The third-order valence-corrected chi connectivity index (χ3v) is 2.93. The molecule has 2 aromatic carbocycles. The molecule has 0 saturated carbocycles. The van der Waals surface area contributed by atoms with Crippen molar-refractivity contribution < 1.29 is 14.7 Å². The monoisotopic (exact) mass is 268 g/mol. The average Bonchev–Trinajstić information content (AvgIpc) is 2.91. The molecule has 0 amide bonds. The van der Waals surface area contributed by atoms with E-state index in [0.717, 1.165) is 11.1 Å². The normalized spacial score (nSPS) is 10.6. The van der Waals surface area contributed by atoms with Gasteiger partial charge in [-0.25, -0.2) is 0 Å². The standard InChI is InChI=1S/C15H12N2O3/c18-12-7-5-10(6-8-12)15-16-14(20-17-15)9-11-3-1-2-4-13(11)19/h1-8,18-19H,9H2. The quantitative estimate of drug-likeness (QED) is 0.763. The molecule has 1 heterocycles. The highest BCUT2D eigenvalue weighted by atomic mass is 16.5. The minimum Gasteiger partial charge on any atom is -0.508 e. The fourth-order valence-corrected chi connectivity index (χ4v) is 1.88. The lowest BCUT2D eigenvalue weighted by atomic mass is 10.1. The number of nitrogens with zero attached hydrogens (tertiary/aromatic N) is 2.